The third kappa shape index (κ3) is 1.61. The van der Waals surface area contributed by atoms with Gasteiger partial charge in [-0.05, 0) is 18.2 Å². The summed E-state index contributed by atoms with van der Waals surface area (Å²) in [7, 11) is 0. The summed E-state index contributed by atoms with van der Waals surface area (Å²) in [6.45, 7) is 0. The van der Waals surface area contributed by atoms with Crippen LogP contribution in [0.3, 0.4) is 0 Å². The lowest BCUT2D eigenvalue weighted by Gasteiger charge is -2.07. The van der Waals surface area contributed by atoms with Crippen molar-refractivity contribution in [2.75, 3.05) is 5.73 Å². The van der Waals surface area contributed by atoms with Crippen molar-refractivity contribution in [2.24, 2.45) is 0 Å². The van der Waals surface area contributed by atoms with Crippen LogP contribution in [0.2, 0.25) is 0 Å². The highest BCUT2D eigenvalue weighted by atomic mass is 19.4. The van der Waals surface area contributed by atoms with Crippen molar-refractivity contribution < 1.29 is 18.3 Å². The molecule has 0 spiro atoms. The first-order valence-corrected chi connectivity index (χ1v) is 3.05. The summed E-state index contributed by atoms with van der Waals surface area (Å²) < 4.78 is 35.9. The predicted molar refractivity (Wildman–Crippen MR) is 36.0 cm³/mol. The van der Waals surface area contributed by atoms with E-state index in [1.54, 1.807) is 0 Å². The maximum atomic E-state index is 12.0. The van der Waals surface area contributed by atoms with Crippen molar-refractivity contribution in [2.45, 2.75) is 6.18 Å². The Morgan fingerprint density at radius 1 is 1.25 bits per heavy atom. The van der Waals surface area contributed by atoms with Crippen LogP contribution in [0.4, 0.5) is 18.9 Å². The number of nitrogens with two attached hydrogens (primary N) is 1. The van der Waals surface area contributed by atoms with Crippen molar-refractivity contribution in [3.8, 4) is 5.75 Å². The Hall–Kier alpha value is -1.39. The van der Waals surface area contributed by atoms with Crippen LogP contribution in [-0.2, 0) is 11.3 Å². The lowest BCUT2D eigenvalue weighted by atomic mass is 10.2. The van der Waals surface area contributed by atoms with Gasteiger partial charge in [0.05, 0.1) is 0 Å². The van der Waals surface area contributed by atoms with E-state index in [0.29, 0.717) is 6.07 Å². The summed E-state index contributed by atoms with van der Waals surface area (Å²) in [6.07, 6.45) is -4.62. The Morgan fingerprint density at radius 2 is 1.83 bits per heavy atom. The zero-order valence-electron chi connectivity index (χ0n) is 5.85. The highest BCUT2D eigenvalue weighted by Gasteiger charge is 2.34. The third-order valence-electron chi connectivity index (χ3n) is 1.31. The largest absolute Gasteiger partial charge is 0.420 e. The van der Waals surface area contributed by atoms with Crippen LogP contribution in [-0.4, -0.2) is 0 Å². The summed E-state index contributed by atoms with van der Waals surface area (Å²) in [5.41, 5.74) is 3.80. The molecule has 5 heteroatoms. The topological polar surface area (TPSA) is 45.9 Å². The fourth-order valence-electron chi connectivity index (χ4n) is 0.769. The first kappa shape index (κ1) is 8.70. The summed E-state index contributed by atoms with van der Waals surface area (Å²) in [6, 6.07) is 2.57. The van der Waals surface area contributed by atoms with E-state index in [2.05, 4.69) is 0 Å². The van der Waals surface area contributed by atoms with Gasteiger partial charge in [0.1, 0.15) is 5.56 Å². The normalized spacial score (nSPS) is 11.6. The standard InChI is InChI=1S/C7H5F3NO/c8-7(9,10)5-3-4(11)1-2-6(5)12/h1-3H,11H2. The van der Waals surface area contributed by atoms with Gasteiger partial charge in [-0.3, -0.25) is 5.11 Å². The minimum Gasteiger partial charge on any atom is -0.399 e. The molecular weight excluding hydrogens is 171 g/mol. The number of hydrogen-bond acceptors (Lipinski definition) is 1. The molecule has 0 heterocycles. The zero-order chi connectivity index (χ0) is 9.35. The van der Waals surface area contributed by atoms with E-state index in [1.165, 1.54) is 0 Å². The van der Waals surface area contributed by atoms with E-state index < -0.39 is 17.5 Å². The van der Waals surface area contributed by atoms with Crippen molar-refractivity contribution in [3.63, 3.8) is 0 Å². The Morgan fingerprint density at radius 3 is 2.25 bits per heavy atom. The summed E-state index contributed by atoms with van der Waals surface area (Å²) >= 11 is 0. The van der Waals surface area contributed by atoms with Gasteiger partial charge in [-0.15, -0.1) is 0 Å². The SMILES string of the molecule is Nc1ccc([O])c(C(F)(F)F)c1. The highest BCUT2D eigenvalue weighted by molar-refractivity contribution is 5.48. The second-order valence-electron chi connectivity index (χ2n) is 2.25. The van der Waals surface area contributed by atoms with Crippen LogP contribution in [0.25, 0.3) is 0 Å². The van der Waals surface area contributed by atoms with Gasteiger partial charge in [0.2, 0.25) is 0 Å². The molecular formula is C7H5F3NO. The van der Waals surface area contributed by atoms with Gasteiger partial charge < -0.3 is 5.73 Å². The molecule has 2 N–H and O–H groups in total. The van der Waals surface area contributed by atoms with Gasteiger partial charge in [0, 0.05) is 5.69 Å². The predicted octanol–water partition coefficient (Wildman–Crippen LogP) is 2.43. The van der Waals surface area contributed by atoms with Gasteiger partial charge >= 0.3 is 6.18 Å². The van der Waals surface area contributed by atoms with Crippen LogP contribution in [0.1, 0.15) is 5.56 Å². The van der Waals surface area contributed by atoms with Gasteiger partial charge in [-0.25, -0.2) is 0 Å². The molecule has 1 aromatic carbocycles. The second-order valence-corrected chi connectivity index (χ2v) is 2.25. The van der Waals surface area contributed by atoms with Crippen molar-refractivity contribution in [1.29, 1.82) is 0 Å². The van der Waals surface area contributed by atoms with Gasteiger partial charge in [-0.2, -0.15) is 13.2 Å². The number of hydrogen-bond donors (Lipinski definition) is 1. The maximum Gasteiger partial charge on any atom is 0.420 e. The minimum absolute atomic E-state index is 0.0677. The summed E-state index contributed by atoms with van der Waals surface area (Å²) in [5, 5.41) is 10.6. The molecule has 1 rings (SSSR count). The first-order chi connectivity index (χ1) is 5.41. The van der Waals surface area contributed by atoms with E-state index in [1.807, 2.05) is 0 Å². The van der Waals surface area contributed by atoms with E-state index in [0.717, 1.165) is 12.1 Å². The molecule has 0 unspecified atom stereocenters. The molecule has 0 saturated heterocycles. The Bertz CT molecular complexity index is 295. The van der Waals surface area contributed by atoms with Crippen molar-refractivity contribution in [3.05, 3.63) is 23.8 Å². The molecule has 1 radical (unpaired) electrons. The molecule has 0 amide bonds. The summed E-state index contributed by atoms with van der Waals surface area (Å²) in [4.78, 5) is 0. The first-order valence-electron chi connectivity index (χ1n) is 3.05. The molecule has 2 nitrogen and oxygen atoms in total. The molecule has 1 aromatic rings. The van der Waals surface area contributed by atoms with Crippen LogP contribution in [0, 0.1) is 0 Å². The van der Waals surface area contributed by atoms with E-state index in [-0.39, 0.29) is 5.69 Å². The van der Waals surface area contributed by atoms with E-state index >= 15 is 0 Å². The van der Waals surface area contributed by atoms with E-state index in [4.69, 9.17) is 5.73 Å². The molecule has 0 aliphatic rings. The lowest BCUT2D eigenvalue weighted by Crippen LogP contribution is -2.05. The van der Waals surface area contributed by atoms with Gasteiger partial charge in [-0.1, -0.05) is 0 Å². The molecule has 0 atom stereocenters. The number of halogens is 3. The minimum atomic E-state index is -4.62. The number of alkyl halides is 3. The van der Waals surface area contributed by atoms with Crippen LogP contribution in [0.5, 0.6) is 5.75 Å². The number of rotatable bonds is 0. The molecule has 0 saturated carbocycles. The van der Waals surface area contributed by atoms with Gasteiger partial charge in [0.15, 0.2) is 5.75 Å². The number of benzene rings is 1. The number of anilines is 1. The highest BCUT2D eigenvalue weighted by Crippen LogP contribution is 2.36. The van der Waals surface area contributed by atoms with Gasteiger partial charge in [0.25, 0.3) is 0 Å². The van der Waals surface area contributed by atoms with Crippen LogP contribution in [0.15, 0.2) is 18.2 Å². The molecule has 0 aliphatic carbocycles. The zero-order valence-corrected chi connectivity index (χ0v) is 5.85. The second kappa shape index (κ2) is 2.58. The molecule has 65 valence electrons. The fourth-order valence-corrected chi connectivity index (χ4v) is 0.769. The molecule has 0 fully saturated rings. The lowest BCUT2D eigenvalue weighted by molar-refractivity contribution is -0.139. The molecule has 0 bridgehead atoms. The van der Waals surface area contributed by atoms with Crippen LogP contribution < -0.4 is 5.73 Å². The van der Waals surface area contributed by atoms with Crippen molar-refractivity contribution >= 4 is 5.69 Å². The Labute approximate surface area is 66.4 Å². The van der Waals surface area contributed by atoms with Crippen LogP contribution >= 0.6 is 0 Å². The average molecular weight is 176 g/mol. The maximum absolute atomic E-state index is 12.0. The monoisotopic (exact) mass is 176 g/mol. The summed E-state index contributed by atoms with van der Waals surface area (Å²) in [5.74, 6) is -1.06. The quantitative estimate of drug-likeness (QED) is 0.606. The molecule has 0 aliphatic heterocycles. The Balaban J connectivity index is 3.23. The average Bonchev–Trinajstić information content (AvgIpc) is 1.92. The molecule has 12 heavy (non-hydrogen) atoms. The van der Waals surface area contributed by atoms with Crippen molar-refractivity contribution in [1.82, 2.24) is 0 Å². The fraction of sp³-hybridized carbons (Fsp3) is 0.143. The molecule has 0 aromatic heterocycles. The third-order valence-corrected chi connectivity index (χ3v) is 1.31. The Kier molecular flexibility index (Phi) is 1.87. The smallest absolute Gasteiger partial charge is 0.399 e. The number of nitrogen functional groups attached to an aromatic ring is 1. The van der Waals surface area contributed by atoms with E-state index in [9.17, 15) is 18.3 Å².